The highest BCUT2D eigenvalue weighted by atomic mass is 19.1. The molecule has 1 aliphatic heterocycles. The monoisotopic (exact) mass is 444 g/mol. The maximum absolute atomic E-state index is 14.2. The number of hydrogen-bond acceptors (Lipinski definition) is 5. The van der Waals surface area contributed by atoms with E-state index in [4.69, 9.17) is 10.5 Å². The van der Waals surface area contributed by atoms with E-state index < -0.39 is 17.2 Å². The molecule has 0 radical (unpaired) electrons. The molecule has 0 spiro atoms. The minimum Gasteiger partial charge on any atom is -0.477 e. The zero-order valence-electron chi connectivity index (χ0n) is 18.8. The van der Waals surface area contributed by atoms with Gasteiger partial charge in [0.15, 0.2) is 0 Å². The quantitative estimate of drug-likeness (QED) is 0.678. The Kier molecular flexibility index (Phi) is 6.07. The van der Waals surface area contributed by atoms with Crippen LogP contribution in [0.4, 0.5) is 14.5 Å². The van der Waals surface area contributed by atoms with Crippen LogP contribution in [0.15, 0.2) is 24.4 Å². The van der Waals surface area contributed by atoms with E-state index in [1.807, 2.05) is 25.7 Å². The largest absolute Gasteiger partial charge is 0.477 e. The maximum atomic E-state index is 14.2. The number of aromatic nitrogens is 1. The summed E-state index contributed by atoms with van der Waals surface area (Å²) in [5.74, 6) is -0.982. The molecule has 1 aromatic carbocycles. The van der Waals surface area contributed by atoms with E-state index in [1.54, 1.807) is 0 Å². The van der Waals surface area contributed by atoms with E-state index in [1.165, 1.54) is 18.3 Å². The number of pyridine rings is 1. The fourth-order valence-corrected chi connectivity index (χ4v) is 4.36. The van der Waals surface area contributed by atoms with Crippen molar-refractivity contribution in [2.24, 2.45) is 11.7 Å². The van der Waals surface area contributed by atoms with Gasteiger partial charge in [-0.25, -0.2) is 13.8 Å². The topological polar surface area (TPSA) is 80.5 Å². The van der Waals surface area contributed by atoms with Gasteiger partial charge in [0.05, 0.1) is 23.4 Å². The Bertz CT molecular complexity index is 1000. The van der Waals surface area contributed by atoms with Gasteiger partial charge in [0.1, 0.15) is 11.6 Å². The molecule has 1 aliphatic carbocycles. The van der Waals surface area contributed by atoms with Gasteiger partial charge in [-0.3, -0.25) is 4.79 Å². The molecule has 6 nitrogen and oxygen atoms in total. The van der Waals surface area contributed by atoms with E-state index in [-0.39, 0.29) is 23.4 Å². The molecule has 0 unspecified atom stereocenters. The summed E-state index contributed by atoms with van der Waals surface area (Å²) in [4.78, 5) is 19.7. The molecule has 3 N–H and O–H groups in total. The molecule has 1 aromatic heterocycles. The molecule has 1 amide bonds. The summed E-state index contributed by atoms with van der Waals surface area (Å²) in [7, 11) is 0. The molecule has 1 saturated carbocycles. The summed E-state index contributed by atoms with van der Waals surface area (Å²) in [5.41, 5.74) is 7.49. The highest BCUT2D eigenvalue weighted by Gasteiger charge is 2.36. The van der Waals surface area contributed by atoms with Crippen LogP contribution in [0.1, 0.15) is 50.4 Å². The van der Waals surface area contributed by atoms with Crippen molar-refractivity contribution >= 4 is 11.6 Å². The first-order valence-corrected chi connectivity index (χ1v) is 11.2. The number of halogens is 2. The molecule has 8 heteroatoms. The van der Waals surface area contributed by atoms with Crippen LogP contribution in [0.3, 0.4) is 0 Å². The van der Waals surface area contributed by atoms with Gasteiger partial charge in [0.25, 0.3) is 5.91 Å². The lowest BCUT2D eigenvalue weighted by molar-refractivity contribution is 0.0936. The summed E-state index contributed by atoms with van der Waals surface area (Å²) >= 11 is 0. The summed E-state index contributed by atoms with van der Waals surface area (Å²) in [6, 6.07) is 3.32. The lowest BCUT2D eigenvalue weighted by atomic mass is 9.99. The molecule has 2 fully saturated rings. The van der Waals surface area contributed by atoms with Crippen molar-refractivity contribution in [1.82, 2.24) is 10.3 Å². The van der Waals surface area contributed by atoms with Crippen LogP contribution in [-0.4, -0.2) is 42.2 Å². The number of nitrogens with zero attached hydrogens (tertiary/aromatic N) is 2. The SMILES string of the molecule is CCOc1ncc(C(=O)N[C@@H](C)C2CC2)c(N2CC[C@](C)(N)C2)c1-c1cc(F)cc(F)c1. The summed E-state index contributed by atoms with van der Waals surface area (Å²) in [6.07, 6.45) is 4.40. The molecule has 2 aliphatic rings. The van der Waals surface area contributed by atoms with Crippen LogP contribution in [0.5, 0.6) is 5.88 Å². The molecular weight excluding hydrogens is 414 g/mol. The normalized spacial score (nSPS) is 21.5. The number of carbonyl (C=O) groups is 1. The average Bonchev–Trinajstić information content (AvgIpc) is 3.50. The molecule has 32 heavy (non-hydrogen) atoms. The number of anilines is 1. The number of carbonyl (C=O) groups excluding carboxylic acids is 1. The summed E-state index contributed by atoms with van der Waals surface area (Å²) in [6.45, 7) is 7.16. The van der Waals surface area contributed by atoms with Crippen LogP contribution in [-0.2, 0) is 0 Å². The second-order valence-corrected chi connectivity index (χ2v) is 9.22. The third kappa shape index (κ3) is 4.70. The van der Waals surface area contributed by atoms with Gasteiger partial charge < -0.3 is 20.7 Å². The fraction of sp³-hybridized carbons (Fsp3) is 0.500. The number of amides is 1. The highest BCUT2D eigenvalue weighted by molar-refractivity contribution is 6.04. The van der Waals surface area contributed by atoms with E-state index in [0.29, 0.717) is 42.4 Å². The molecule has 2 aromatic rings. The first kappa shape index (κ1) is 22.5. The predicted octanol–water partition coefficient (Wildman–Crippen LogP) is 3.88. The second kappa shape index (κ2) is 8.65. The van der Waals surface area contributed by atoms with E-state index in [9.17, 15) is 13.6 Å². The van der Waals surface area contributed by atoms with Crippen LogP contribution in [0, 0.1) is 17.6 Å². The number of ether oxygens (including phenoxy) is 1. The van der Waals surface area contributed by atoms with E-state index >= 15 is 0 Å². The number of benzene rings is 1. The second-order valence-electron chi connectivity index (χ2n) is 9.22. The van der Waals surface area contributed by atoms with Crippen molar-refractivity contribution in [2.75, 3.05) is 24.6 Å². The first-order chi connectivity index (χ1) is 15.2. The Hall–Kier alpha value is -2.74. The van der Waals surface area contributed by atoms with E-state index in [0.717, 1.165) is 25.3 Å². The van der Waals surface area contributed by atoms with Gasteiger partial charge in [-0.15, -0.1) is 0 Å². The van der Waals surface area contributed by atoms with Crippen molar-refractivity contribution < 1.29 is 18.3 Å². The number of nitrogens with two attached hydrogens (primary N) is 1. The Labute approximate surface area is 187 Å². The van der Waals surface area contributed by atoms with Crippen molar-refractivity contribution in [3.8, 4) is 17.0 Å². The average molecular weight is 445 g/mol. The Balaban J connectivity index is 1.88. The molecule has 172 valence electrons. The van der Waals surface area contributed by atoms with Crippen LogP contribution in [0.25, 0.3) is 11.1 Å². The molecule has 0 bridgehead atoms. The Morgan fingerprint density at radius 2 is 2.03 bits per heavy atom. The van der Waals surface area contributed by atoms with Gasteiger partial charge in [0.2, 0.25) is 5.88 Å². The Morgan fingerprint density at radius 3 is 2.59 bits per heavy atom. The van der Waals surface area contributed by atoms with E-state index in [2.05, 4.69) is 10.3 Å². The first-order valence-electron chi connectivity index (χ1n) is 11.2. The number of rotatable bonds is 7. The molecular formula is C24H30F2N4O2. The van der Waals surface area contributed by atoms with Gasteiger partial charge in [-0.05, 0) is 63.6 Å². The van der Waals surface area contributed by atoms with Crippen LogP contribution in [0.2, 0.25) is 0 Å². The lowest BCUT2D eigenvalue weighted by Gasteiger charge is -2.28. The summed E-state index contributed by atoms with van der Waals surface area (Å²) in [5, 5.41) is 3.07. The maximum Gasteiger partial charge on any atom is 0.255 e. The standard InChI is InChI=1S/C24H30F2N4O2/c1-4-32-23-20(16-9-17(25)11-18(26)10-16)21(30-8-7-24(3,27)13-30)19(12-28-23)22(31)29-14(2)15-5-6-15/h9-12,14-15H,4-8,13,27H2,1-3H3,(H,29,31)/t14-,24-/m0/s1. The van der Waals surface area contributed by atoms with Crippen molar-refractivity contribution in [3.63, 3.8) is 0 Å². The van der Waals surface area contributed by atoms with Crippen molar-refractivity contribution in [3.05, 3.63) is 41.6 Å². The number of hydrogen-bond donors (Lipinski definition) is 2. The molecule has 2 heterocycles. The third-order valence-electron chi connectivity index (χ3n) is 6.20. The molecule has 2 atom stereocenters. The molecule has 4 rings (SSSR count). The lowest BCUT2D eigenvalue weighted by Crippen LogP contribution is -2.40. The summed E-state index contributed by atoms with van der Waals surface area (Å²) < 4.78 is 34.1. The third-order valence-corrected chi connectivity index (χ3v) is 6.20. The fourth-order valence-electron chi connectivity index (χ4n) is 4.36. The number of nitrogens with one attached hydrogen (secondary N) is 1. The van der Waals surface area contributed by atoms with Gasteiger partial charge in [-0.1, -0.05) is 0 Å². The van der Waals surface area contributed by atoms with Gasteiger partial charge >= 0.3 is 0 Å². The predicted molar refractivity (Wildman–Crippen MR) is 120 cm³/mol. The van der Waals surface area contributed by atoms with Gasteiger partial charge in [0, 0.05) is 36.9 Å². The highest BCUT2D eigenvalue weighted by Crippen LogP contribution is 2.43. The zero-order valence-corrected chi connectivity index (χ0v) is 18.8. The Morgan fingerprint density at radius 1 is 1.34 bits per heavy atom. The molecule has 1 saturated heterocycles. The van der Waals surface area contributed by atoms with Gasteiger partial charge in [-0.2, -0.15) is 0 Å². The van der Waals surface area contributed by atoms with Crippen LogP contribution < -0.4 is 20.7 Å². The minimum absolute atomic E-state index is 0.0373. The zero-order chi connectivity index (χ0) is 23.0. The minimum atomic E-state index is -0.712. The van der Waals surface area contributed by atoms with Crippen LogP contribution >= 0.6 is 0 Å². The van der Waals surface area contributed by atoms with Crippen molar-refractivity contribution in [2.45, 2.75) is 51.6 Å². The van der Waals surface area contributed by atoms with Crippen molar-refractivity contribution in [1.29, 1.82) is 0 Å². The smallest absolute Gasteiger partial charge is 0.255 e.